The molecule has 22 heavy (non-hydrogen) atoms. The van der Waals surface area contributed by atoms with Crippen LogP contribution in [0.3, 0.4) is 0 Å². The molecule has 0 aromatic heterocycles. The van der Waals surface area contributed by atoms with Gasteiger partial charge in [-0.2, -0.15) is 13.2 Å². The molecule has 6 heteroatoms. The van der Waals surface area contributed by atoms with E-state index in [1.54, 1.807) is 6.07 Å². The quantitative estimate of drug-likeness (QED) is 0.899. The van der Waals surface area contributed by atoms with Crippen molar-refractivity contribution < 1.29 is 23.1 Å². The lowest BCUT2D eigenvalue weighted by Gasteiger charge is -2.32. The molecule has 0 aliphatic carbocycles. The van der Waals surface area contributed by atoms with Gasteiger partial charge in [0.05, 0.1) is 5.56 Å². The highest BCUT2D eigenvalue weighted by Gasteiger charge is 2.30. The van der Waals surface area contributed by atoms with Crippen LogP contribution in [0.2, 0.25) is 0 Å². The molecule has 0 bridgehead atoms. The molecular formula is C16H20F3NO2. The Morgan fingerprint density at radius 3 is 2.82 bits per heavy atom. The monoisotopic (exact) mass is 315 g/mol. The van der Waals surface area contributed by atoms with E-state index in [4.69, 9.17) is 5.11 Å². The zero-order valence-electron chi connectivity index (χ0n) is 12.3. The van der Waals surface area contributed by atoms with E-state index in [9.17, 15) is 18.0 Å². The summed E-state index contributed by atoms with van der Waals surface area (Å²) >= 11 is 0. The van der Waals surface area contributed by atoms with Crippen molar-refractivity contribution in [2.24, 2.45) is 5.92 Å². The van der Waals surface area contributed by atoms with E-state index in [0.717, 1.165) is 32.0 Å². The summed E-state index contributed by atoms with van der Waals surface area (Å²) in [6.07, 6.45) is -1.58. The van der Waals surface area contributed by atoms with Gasteiger partial charge in [-0.15, -0.1) is 0 Å². The molecule has 1 unspecified atom stereocenters. The molecule has 122 valence electrons. The normalized spacial score (nSPS) is 20.0. The maximum Gasteiger partial charge on any atom is 0.416 e. The number of likely N-dealkylation sites (tertiary alicyclic amines) is 1. The van der Waals surface area contributed by atoms with Gasteiger partial charge in [0.15, 0.2) is 0 Å². The predicted octanol–water partition coefficient (Wildman–Crippen LogP) is 3.78. The molecule has 1 aliphatic heterocycles. The molecule has 1 saturated heterocycles. The lowest BCUT2D eigenvalue weighted by Crippen LogP contribution is -2.35. The molecule has 0 spiro atoms. The van der Waals surface area contributed by atoms with Crippen LogP contribution in [0.4, 0.5) is 13.2 Å². The number of rotatable bonds is 5. The lowest BCUT2D eigenvalue weighted by atomic mass is 9.93. The Kier molecular flexibility index (Phi) is 5.45. The van der Waals surface area contributed by atoms with Crippen LogP contribution in [0, 0.1) is 5.92 Å². The van der Waals surface area contributed by atoms with Gasteiger partial charge >= 0.3 is 12.1 Å². The summed E-state index contributed by atoms with van der Waals surface area (Å²) in [6, 6.07) is 5.41. The van der Waals surface area contributed by atoms with Crippen molar-refractivity contribution in [3.63, 3.8) is 0 Å². The third-order valence-corrected chi connectivity index (χ3v) is 4.03. The Morgan fingerprint density at radius 1 is 1.36 bits per heavy atom. The predicted molar refractivity (Wildman–Crippen MR) is 76.3 cm³/mol. The van der Waals surface area contributed by atoms with E-state index in [0.29, 0.717) is 24.4 Å². The first-order chi connectivity index (χ1) is 10.3. The minimum Gasteiger partial charge on any atom is -0.481 e. The number of hydrogen-bond donors (Lipinski definition) is 1. The third-order valence-electron chi connectivity index (χ3n) is 4.03. The molecule has 1 atom stereocenters. The van der Waals surface area contributed by atoms with Crippen LogP contribution in [-0.4, -0.2) is 29.1 Å². The van der Waals surface area contributed by atoms with Crippen LogP contribution < -0.4 is 0 Å². The number of piperidine rings is 1. The van der Waals surface area contributed by atoms with Gasteiger partial charge in [0, 0.05) is 19.5 Å². The average molecular weight is 315 g/mol. The maximum atomic E-state index is 12.7. The van der Waals surface area contributed by atoms with E-state index >= 15 is 0 Å². The van der Waals surface area contributed by atoms with Gasteiger partial charge in [0.1, 0.15) is 0 Å². The highest BCUT2D eigenvalue weighted by Crippen LogP contribution is 2.30. The summed E-state index contributed by atoms with van der Waals surface area (Å²) < 4.78 is 38.1. The molecule has 1 N–H and O–H groups in total. The van der Waals surface area contributed by atoms with Crippen molar-refractivity contribution >= 4 is 5.97 Å². The van der Waals surface area contributed by atoms with E-state index in [-0.39, 0.29) is 6.42 Å². The van der Waals surface area contributed by atoms with Crippen LogP contribution >= 0.6 is 0 Å². The van der Waals surface area contributed by atoms with Crippen molar-refractivity contribution in [2.45, 2.75) is 38.4 Å². The number of carboxylic acids is 1. The molecule has 1 aromatic rings. The summed E-state index contributed by atoms with van der Waals surface area (Å²) in [5, 5.41) is 8.73. The average Bonchev–Trinajstić information content (AvgIpc) is 2.45. The summed E-state index contributed by atoms with van der Waals surface area (Å²) in [7, 11) is 0. The molecule has 1 aliphatic rings. The van der Waals surface area contributed by atoms with Gasteiger partial charge in [0.2, 0.25) is 0 Å². The van der Waals surface area contributed by atoms with Gasteiger partial charge in [-0.1, -0.05) is 18.2 Å². The molecule has 0 saturated carbocycles. The fraction of sp³-hybridized carbons (Fsp3) is 0.562. The van der Waals surface area contributed by atoms with Crippen LogP contribution in [-0.2, 0) is 17.5 Å². The maximum absolute atomic E-state index is 12.7. The number of carboxylic acid groups (broad SMARTS) is 1. The van der Waals surface area contributed by atoms with Crippen LogP contribution in [0.1, 0.15) is 36.8 Å². The summed E-state index contributed by atoms with van der Waals surface area (Å²) in [5.74, 6) is -0.481. The summed E-state index contributed by atoms with van der Waals surface area (Å²) in [6.45, 7) is 2.08. The SMILES string of the molecule is O=C(O)CCC1CCCN(Cc2cccc(C(F)(F)F)c2)C1. The minimum absolute atomic E-state index is 0.155. The van der Waals surface area contributed by atoms with E-state index in [1.165, 1.54) is 12.1 Å². The van der Waals surface area contributed by atoms with Gasteiger partial charge in [-0.3, -0.25) is 9.69 Å². The van der Waals surface area contributed by atoms with Crippen LogP contribution in [0.15, 0.2) is 24.3 Å². The highest BCUT2D eigenvalue weighted by atomic mass is 19.4. The summed E-state index contributed by atoms with van der Waals surface area (Å²) in [4.78, 5) is 12.7. The first-order valence-electron chi connectivity index (χ1n) is 7.45. The molecule has 0 radical (unpaired) electrons. The third kappa shape index (κ3) is 5.02. The zero-order valence-corrected chi connectivity index (χ0v) is 12.3. The van der Waals surface area contributed by atoms with E-state index < -0.39 is 17.7 Å². The molecule has 0 amide bonds. The molecule has 3 nitrogen and oxygen atoms in total. The van der Waals surface area contributed by atoms with Gasteiger partial charge in [-0.25, -0.2) is 0 Å². The molecule has 1 aromatic carbocycles. The molecule has 2 rings (SSSR count). The highest BCUT2D eigenvalue weighted by molar-refractivity contribution is 5.66. The number of benzene rings is 1. The second-order valence-corrected chi connectivity index (χ2v) is 5.87. The van der Waals surface area contributed by atoms with Crippen molar-refractivity contribution in [1.82, 2.24) is 4.90 Å². The number of alkyl halides is 3. The fourth-order valence-electron chi connectivity index (χ4n) is 2.96. The Balaban J connectivity index is 1.94. The minimum atomic E-state index is -4.32. The van der Waals surface area contributed by atoms with Crippen molar-refractivity contribution in [3.8, 4) is 0 Å². The van der Waals surface area contributed by atoms with Crippen molar-refractivity contribution in [2.75, 3.05) is 13.1 Å². The molecule has 1 heterocycles. The van der Waals surface area contributed by atoms with Gasteiger partial charge < -0.3 is 5.11 Å². The van der Waals surface area contributed by atoms with Gasteiger partial charge in [-0.05, 0) is 43.4 Å². The number of nitrogens with zero attached hydrogens (tertiary/aromatic N) is 1. The first-order valence-corrected chi connectivity index (χ1v) is 7.45. The number of hydrogen-bond acceptors (Lipinski definition) is 2. The summed E-state index contributed by atoms with van der Waals surface area (Å²) in [5.41, 5.74) is 0.0261. The standard InChI is InChI=1S/C16H20F3NO2/c17-16(18,19)14-5-1-3-13(9-14)11-20-8-2-4-12(10-20)6-7-15(21)22/h1,3,5,9,12H,2,4,6-8,10-11H2,(H,21,22). The second-order valence-electron chi connectivity index (χ2n) is 5.87. The van der Waals surface area contributed by atoms with E-state index in [1.807, 2.05) is 0 Å². The van der Waals surface area contributed by atoms with Crippen molar-refractivity contribution in [1.29, 1.82) is 0 Å². The Bertz CT molecular complexity index is 516. The molecule has 1 fully saturated rings. The van der Waals surface area contributed by atoms with Crippen molar-refractivity contribution in [3.05, 3.63) is 35.4 Å². The number of halogens is 3. The Morgan fingerprint density at radius 2 is 2.14 bits per heavy atom. The largest absolute Gasteiger partial charge is 0.481 e. The second kappa shape index (κ2) is 7.13. The zero-order chi connectivity index (χ0) is 16.2. The lowest BCUT2D eigenvalue weighted by molar-refractivity contribution is -0.138. The first kappa shape index (κ1) is 16.8. The topological polar surface area (TPSA) is 40.5 Å². The number of carbonyl (C=O) groups is 1. The molecular weight excluding hydrogens is 295 g/mol. The Hall–Kier alpha value is -1.56. The number of aliphatic carboxylic acids is 1. The van der Waals surface area contributed by atoms with Crippen LogP contribution in [0.25, 0.3) is 0 Å². The fourth-order valence-corrected chi connectivity index (χ4v) is 2.96. The van der Waals surface area contributed by atoms with Crippen LogP contribution in [0.5, 0.6) is 0 Å². The Labute approximate surface area is 127 Å². The van der Waals surface area contributed by atoms with E-state index in [2.05, 4.69) is 4.90 Å². The smallest absolute Gasteiger partial charge is 0.416 e. The van der Waals surface area contributed by atoms with Gasteiger partial charge in [0.25, 0.3) is 0 Å².